The van der Waals surface area contributed by atoms with Crippen LogP contribution in [0.25, 0.3) is 11.2 Å². The van der Waals surface area contributed by atoms with Gasteiger partial charge in [0, 0.05) is 6.04 Å². The monoisotopic (exact) mass is 337 g/mol. The fourth-order valence-electron chi connectivity index (χ4n) is 2.64. The molecule has 9 nitrogen and oxygen atoms in total. The van der Waals surface area contributed by atoms with Gasteiger partial charge in [0.2, 0.25) is 0 Å². The number of hydrogen-bond donors (Lipinski definition) is 4. The largest absolute Gasteiger partial charge is 0.394 e. The summed E-state index contributed by atoms with van der Waals surface area (Å²) in [5, 5.41) is 32.6. The van der Waals surface area contributed by atoms with Gasteiger partial charge in [-0.15, -0.1) is 0 Å². The minimum atomic E-state index is -1.18. The van der Waals surface area contributed by atoms with Crippen molar-refractivity contribution in [3.05, 3.63) is 12.7 Å². The molecular weight excluding hydrogens is 314 g/mol. The zero-order valence-corrected chi connectivity index (χ0v) is 13.9. The third-order valence-electron chi connectivity index (χ3n) is 4.51. The molecule has 132 valence electrons. The molecule has 0 aliphatic carbocycles. The molecule has 5 atom stereocenters. The van der Waals surface area contributed by atoms with Gasteiger partial charge in [-0.25, -0.2) is 15.0 Å². The average molecular weight is 337 g/mol. The fraction of sp³-hybridized carbons (Fsp3) is 0.667. The molecule has 1 unspecified atom stereocenters. The summed E-state index contributed by atoms with van der Waals surface area (Å²) >= 11 is 0. The maximum atomic E-state index is 10.2. The Hall–Kier alpha value is -1.81. The quantitative estimate of drug-likeness (QED) is 0.596. The lowest BCUT2D eigenvalue weighted by molar-refractivity contribution is -0.0511. The molecule has 1 saturated heterocycles. The van der Waals surface area contributed by atoms with Gasteiger partial charge in [0.1, 0.15) is 24.6 Å². The van der Waals surface area contributed by atoms with Gasteiger partial charge in [0.25, 0.3) is 0 Å². The van der Waals surface area contributed by atoms with E-state index in [1.807, 2.05) is 0 Å². The van der Waals surface area contributed by atoms with Crippen LogP contribution in [-0.4, -0.2) is 65.8 Å². The third-order valence-corrected chi connectivity index (χ3v) is 4.51. The van der Waals surface area contributed by atoms with E-state index in [-0.39, 0.29) is 12.6 Å². The molecule has 1 aliphatic rings. The van der Waals surface area contributed by atoms with E-state index in [1.165, 1.54) is 12.7 Å². The topological polar surface area (TPSA) is 126 Å². The number of ether oxygens (including phenoxy) is 1. The van der Waals surface area contributed by atoms with Gasteiger partial charge in [-0.2, -0.15) is 0 Å². The maximum absolute atomic E-state index is 10.2. The van der Waals surface area contributed by atoms with Crippen LogP contribution in [0.3, 0.4) is 0 Å². The second-order valence-electron chi connectivity index (χ2n) is 6.45. The van der Waals surface area contributed by atoms with Crippen molar-refractivity contribution >= 4 is 17.0 Å². The van der Waals surface area contributed by atoms with E-state index in [0.717, 1.165) is 0 Å². The zero-order chi connectivity index (χ0) is 17.4. The van der Waals surface area contributed by atoms with Crippen molar-refractivity contribution in [1.82, 2.24) is 19.5 Å². The number of fused-ring (bicyclic) bond motifs is 1. The van der Waals surface area contributed by atoms with E-state index in [0.29, 0.717) is 22.9 Å². The smallest absolute Gasteiger partial charge is 0.167 e. The summed E-state index contributed by atoms with van der Waals surface area (Å²) in [5.41, 5.74) is 1.04. The molecule has 3 heterocycles. The molecule has 24 heavy (non-hydrogen) atoms. The average Bonchev–Trinajstić information content (AvgIpc) is 3.10. The first-order valence-electron chi connectivity index (χ1n) is 8.00. The van der Waals surface area contributed by atoms with Crippen LogP contribution in [0.2, 0.25) is 0 Å². The first-order valence-corrected chi connectivity index (χ1v) is 8.00. The predicted molar refractivity (Wildman–Crippen MR) is 86.3 cm³/mol. The molecule has 0 saturated carbocycles. The molecule has 2 aromatic rings. The van der Waals surface area contributed by atoms with Crippen molar-refractivity contribution in [3.8, 4) is 0 Å². The minimum Gasteiger partial charge on any atom is -0.394 e. The van der Waals surface area contributed by atoms with E-state index in [4.69, 9.17) is 4.74 Å². The van der Waals surface area contributed by atoms with Crippen LogP contribution in [-0.2, 0) is 4.74 Å². The van der Waals surface area contributed by atoms with Crippen LogP contribution in [0.15, 0.2) is 12.7 Å². The van der Waals surface area contributed by atoms with Crippen molar-refractivity contribution in [2.24, 2.45) is 5.92 Å². The third kappa shape index (κ3) is 2.84. The summed E-state index contributed by atoms with van der Waals surface area (Å²) in [6.45, 7) is 5.89. The molecule has 0 aromatic carbocycles. The second kappa shape index (κ2) is 6.60. The molecule has 3 rings (SSSR count). The molecule has 0 bridgehead atoms. The number of rotatable bonds is 5. The normalized spacial score (nSPS) is 28.6. The van der Waals surface area contributed by atoms with Gasteiger partial charge in [-0.1, -0.05) is 13.8 Å². The second-order valence-corrected chi connectivity index (χ2v) is 6.45. The Morgan fingerprint density at radius 1 is 1.21 bits per heavy atom. The highest BCUT2D eigenvalue weighted by atomic mass is 16.6. The molecule has 1 fully saturated rings. The summed E-state index contributed by atoms with van der Waals surface area (Å²) in [6, 6.07) is 0.196. The lowest BCUT2D eigenvalue weighted by Gasteiger charge is -2.18. The van der Waals surface area contributed by atoms with Gasteiger partial charge >= 0.3 is 0 Å². The van der Waals surface area contributed by atoms with Crippen LogP contribution in [0.5, 0.6) is 0 Å². The van der Waals surface area contributed by atoms with Gasteiger partial charge in [0.15, 0.2) is 23.2 Å². The van der Waals surface area contributed by atoms with Gasteiger partial charge in [0.05, 0.1) is 12.9 Å². The Labute approximate surface area is 139 Å². The number of aromatic nitrogens is 4. The van der Waals surface area contributed by atoms with Crippen LogP contribution in [0.1, 0.15) is 27.0 Å². The van der Waals surface area contributed by atoms with Crippen molar-refractivity contribution in [2.45, 2.75) is 51.4 Å². The molecule has 0 radical (unpaired) electrons. The van der Waals surface area contributed by atoms with Crippen molar-refractivity contribution in [2.75, 3.05) is 11.9 Å². The molecule has 9 heteroatoms. The summed E-state index contributed by atoms with van der Waals surface area (Å²) in [5.74, 6) is 1.02. The van der Waals surface area contributed by atoms with E-state index in [1.54, 1.807) is 4.57 Å². The number of anilines is 1. The van der Waals surface area contributed by atoms with E-state index in [9.17, 15) is 15.3 Å². The van der Waals surface area contributed by atoms with Crippen LogP contribution in [0.4, 0.5) is 5.82 Å². The fourth-order valence-corrected chi connectivity index (χ4v) is 2.64. The Morgan fingerprint density at radius 2 is 1.96 bits per heavy atom. The maximum Gasteiger partial charge on any atom is 0.167 e. The Balaban J connectivity index is 1.94. The first kappa shape index (κ1) is 17.0. The Morgan fingerprint density at radius 3 is 2.58 bits per heavy atom. The lowest BCUT2D eigenvalue weighted by atomic mass is 10.1. The Kier molecular flexibility index (Phi) is 4.68. The molecule has 4 N–H and O–H groups in total. The highest BCUT2D eigenvalue weighted by Gasteiger charge is 2.44. The lowest BCUT2D eigenvalue weighted by Crippen LogP contribution is -2.33. The van der Waals surface area contributed by atoms with Gasteiger partial charge in [-0.05, 0) is 12.8 Å². The van der Waals surface area contributed by atoms with E-state index < -0.39 is 24.5 Å². The SMILES string of the molecule is CC(C)C(C)Nc1ncnc2c1ncn2[C@@H]1O[C@H](CO)[C@@H](O)[C@H]1O. The zero-order valence-electron chi connectivity index (χ0n) is 13.9. The van der Waals surface area contributed by atoms with E-state index in [2.05, 4.69) is 41.0 Å². The van der Waals surface area contributed by atoms with Gasteiger partial charge < -0.3 is 25.4 Å². The van der Waals surface area contributed by atoms with Crippen molar-refractivity contribution in [1.29, 1.82) is 0 Å². The number of aliphatic hydroxyl groups excluding tert-OH is 3. The summed E-state index contributed by atoms with van der Waals surface area (Å²) in [4.78, 5) is 12.8. The molecule has 2 aromatic heterocycles. The molecule has 0 amide bonds. The number of nitrogens with one attached hydrogen (secondary N) is 1. The standard InChI is InChI=1S/C15H23N5O4/c1-7(2)8(3)19-13-10-14(17-5-16-13)20(6-18-10)15-12(23)11(22)9(4-21)24-15/h5-9,11-12,15,21-23H,4H2,1-3H3,(H,16,17,19)/t8?,9-,11-,12-,15-/m1/s1. The van der Waals surface area contributed by atoms with Crippen molar-refractivity contribution < 1.29 is 20.1 Å². The van der Waals surface area contributed by atoms with Crippen molar-refractivity contribution in [3.63, 3.8) is 0 Å². The number of imidazole rings is 1. The predicted octanol–water partition coefficient (Wildman–Crippen LogP) is -0.106. The summed E-state index contributed by atoms with van der Waals surface area (Å²) in [6.07, 6.45) is -1.16. The molecule has 0 spiro atoms. The minimum absolute atomic E-state index is 0.196. The van der Waals surface area contributed by atoms with Crippen LogP contribution >= 0.6 is 0 Å². The number of aliphatic hydroxyl groups is 3. The van der Waals surface area contributed by atoms with Crippen LogP contribution < -0.4 is 5.32 Å². The highest BCUT2D eigenvalue weighted by Crippen LogP contribution is 2.32. The number of nitrogens with zero attached hydrogens (tertiary/aromatic N) is 4. The molecular formula is C15H23N5O4. The first-order chi connectivity index (χ1) is 11.4. The summed E-state index contributed by atoms with van der Waals surface area (Å²) in [7, 11) is 0. The number of hydrogen-bond acceptors (Lipinski definition) is 8. The summed E-state index contributed by atoms with van der Waals surface area (Å²) < 4.78 is 7.09. The van der Waals surface area contributed by atoms with Crippen LogP contribution in [0, 0.1) is 5.92 Å². The van der Waals surface area contributed by atoms with E-state index >= 15 is 0 Å². The molecule has 1 aliphatic heterocycles. The highest BCUT2D eigenvalue weighted by molar-refractivity contribution is 5.82. The van der Waals surface area contributed by atoms with Gasteiger partial charge in [-0.3, -0.25) is 4.57 Å². The Bertz CT molecular complexity index is 706.